The third-order valence-electron chi connectivity index (χ3n) is 2.41. The molecule has 0 aromatic carbocycles. The molecule has 0 saturated heterocycles. The van der Waals surface area contributed by atoms with Crippen LogP contribution in [0.5, 0.6) is 0 Å². The Hall–Kier alpha value is -1.14. The molecule has 17 heavy (non-hydrogen) atoms. The van der Waals surface area contributed by atoms with E-state index in [1.54, 1.807) is 12.3 Å². The standard InChI is InChI=1S/C11H16BrN3O2/c1-3-15(2)5-4-13-10-9(11(16)17)6-8(12)7-14-10/h6-7H,3-5H2,1-2H3,(H,13,14)(H,16,17). The van der Waals surface area contributed by atoms with Gasteiger partial charge in [0.25, 0.3) is 0 Å². The van der Waals surface area contributed by atoms with Crippen LogP contribution in [0.4, 0.5) is 5.82 Å². The van der Waals surface area contributed by atoms with Crippen molar-refractivity contribution in [2.75, 3.05) is 32.0 Å². The number of hydrogen-bond acceptors (Lipinski definition) is 4. The topological polar surface area (TPSA) is 65.5 Å². The highest BCUT2D eigenvalue weighted by Gasteiger charge is 2.11. The van der Waals surface area contributed by atoms with Crippen LogP contribution < -0.4 is 5.32 Å². The van der Waals surface area contributed by atoms with Gasteiger partial charge in [-0.25, -0.2) is 9.78 Å². The van der Waals surface area contributed by atoms with Gasteiger partial charge in [-0.1, -0.05) is 6.92 Å². The van der Waals surface area contributed by atoms with Crippen LogP contribution in [0.15, 0.2) is 16.7 Å². The Morgan fingerprint density at radius 2 is 2.35 bits per heavy atom. The lowest BCUT2D eigenvalue weighted by Gasteiger charge is -2.15. The normalized spacial score (nSPS) is 10.6. The minimum absolute atomic E-state index is 0.179. The second-order valence-corrected chi connectivity index (χ2v) is 4.59. The van der Waals surface area contributed by atoms with Crippen molar-refractivity contribution in [1.29, 1.82) is 0 Å². The van der Waals surface area contributed by atoms with Gasteiger partial charge >= 0.3 is 5.97 Å². The maximum Gasteiger partial charge on any atom is 0.339 e. The molecule has 5 nitrogen and oxygen atoms in total. The summed E-state index contributed by atoms with van der Waals surface area (Å²) in [6.45, 7) is 4.54. The number of likely N-dealkylation sites (N-methyl/N-ethyl adjacent to an activating group) is 1. The number of carboxylic acid groups (broad SMARTS) is 1. The van der Waals surface area contributed by atoms with Crippen LogP contribution in [0.1, 0.15) is 17.3 Å². The van der Waals surface area contributed by atoms with Gasteiger partial charge in [0.1, 0.15) is 11.4 Å². The number of carbonyl (C=O) groups is 1. The fourth-order valence-corrected chi connectivity index (χ4v) is 1.60. The number of nitrogens with one attached hydrogen (secondary N) is 1. The summed E-state index contributed by atoms with van der Waals surface area (Å²) < 4.78 is 0.658. The Bertz CT molecular complexity index is 398. The Labute approximate surface area is 109 Å². The maximum atomic E-state index is 11.0. The van der Waals surface area contributed by atoms with Gasteiger partial charge < -0.3 is 15.3 Å². The number of aromatic nitrogens is 1. The zero-order valence-electron chi connectivity index (χ0n) is 9.90. The predicted octanol–water partition coefficient (Wildman–Crippen LogP) is 1.91. The molecule has 0 unspecified atom stereocenters. The minimum Gasteiger partial charge on any atom is -0.478 e. The smallest absolute Gasteiger partial charge is 0.339 e. The van der Waals surface area contributed by atoms with E-state index in [0.717, 1.165) is 13.1 Å². The molecule has 1 heterocycles. The van der Waals surface area contributed by atoms with Crippen LogP contribution in [-0.2, 0) is 0 Å². The fraction of sp³-hybridized carbons (Fsp3) is 0.455. The number of carboxylic acids is 1. The van der Waals surface area contributed by atoms with E-state index < -0.39 is 5.97 Å². The molecular weight excluding hydrogens is 286 g/mol. The van der Waals surface area contributed by atoms with E-state index in [9.17, 15) is 4.79 Å². The van der Waals surface area contributed by atoms with E-state index >= 15 is 0 Å². The molecular formula is C11H16BrN3O2. The predicted molar refractivity (Wildman–Crippen MR) is 70.6 cm³/mol. The molecule has 0 radical (unpaired) electrons. The number of nitrogens with zero attached hydrogens (tertiary/aromatic N) is 2. The van der Waals surface area contributed by atoms with Crippen molar-refractivity contribution in [2.45, 2.75) is 6.92 Å². The third-order valence-corrected chi connectivity index (χ3v) is 2.84. The highest BCUT2D eigenvalue weighted by Crippen LogP contribution is 2.17. The average molecular weight is 302 g/mol. The highest BCUT2D eigenvalue weighted by atomic mass is 79.9. The van der Waals surface area contributed by atoms with Gasteiger partial charge in [0.2, 0.25) is 0 Å². The monoisotopic (exact) mass is 301 g/mol. The van der Waals surface area contributed by atoms with Crippen LogP contribution in [0.2, 0.25) is 0 Å². The maximum absolute atomic E-state index is 11.0. The Balaban J connectivity index is 2.67. The lowest BCUT2D eigenvalue weighted by atomic mass is 10.2. The van der Waals surface area contributed by atoms with Crippen LogP contribution in [0.3, 0.4) is 0 Å². The molecule has 1 aromatic rings. The number of halogens is 1. The molecule has 6 heteroatoms. The lowest BCUT2D eigenvalue weighted by Crippen LogP contribution is -2.25. The quantitative estimate of drug-likeness (QED) is 0.840. The van der Waals surface area contributed by atoms with Crippen LogP contribution in [-0.4, -0.2) is 47.6 Å². The zero-order valence-corrected chi connectivity index (χ0v) is 11.5. The Morgan fingerprint density at radius 3 is 2.94 bits per heavy atom. The molecule has 2 N–H and O–H groups in total. The second-order valence-electron chi connectivity index (χ2n) is 3.68. The van der Waals surface area contributed by atoms with Crippen molar-refractivity contribution in [3.8, 4) is 0 Å². The van der Waals surface area contributed by atoms with Crippen molar-refractivity contribution in [3.63, 3.8) is 0 Å². The SMILES string of the molecule is CCN(C)CCNc1ncc(Br)cc1C(=O)O. The summed E-state index contributed by atoms with van der Waals surface area (Å²) in [5, 5.41) is 12.1. The molecule has 0 fully saturated rings. The number of hydrogen-bond donors (Lipinski definition) is 2. The molecule has 0 saturated carbocycles. The summed E-state index contributed by atoms with van der Waals surface area (Å²) in [5.41, 5.74) is 0.179. The third kappa shape index (κ3) is 4.32. The summed E-state index contributed by atoms with van der Waals surface area (Å²) in [7, 11) is 2.01. The van der Waals surface area contributed by atoms with E-state index in [1.165, 1.54) is 0 Å². The molecule has 0 bridgehead atoms. The summed E-state index contributed by atoms with van der Waals surface area (Å²) in [5.74, 6) is -0.574. The van der Waals surface area contributed by atoms with Crippen LogP contribution >= 0.6 is 15.9 Å². The number of aromatic carboxylic acids is 1. The van der Waals surface area contributed by atoms with Gasteiger partial charge in [0.05, 0.1) is 0 Å². The summed E-state index contributed by atoms with van der Waals surface area (Å²) in [6.07, 6.45) is 1.58. The molecule has 0 spiro atoms. The van der Waals surface area contributed by atoms with Crippen LogP contribution in [0, 0.1) is 0 Å². The number of pyridine rings is 1. The average Bonchev–Trinajstić information content (AvgIpc) is 2.30. The lowest BCUT2D eigenvalue weighted by molar-refractivity contribution is 0.0697. The molecule has 0 aliphatic rings. The molecule has 1 rings (SSSR count). The summed E-state index contributed by atoms with van der Waals surface area (Å²) in [4.78, 5) is 17.2. The van der Waals surface area contributed by atoms with Crippen molar-refractivity contribution >= 4 is 27.7 Å². The molecule has 94 valence electrons. The molecule has 1 aromatic heterocycles. The van der Waals surface area contributed by atoms with Gasteiger partial charge in [-0.2, -0.15) is 0 Å². The van der Waals surface area contributed by atoms with E-state index in [2.05, 4.69) is 38.1 Å². The van der Waals surface area contributed by atoms with E-state index in [4.69, 9.17) is 5.11 Å². The molecule has 0 aliphatic carbocycles. The zero-order chi connectivity index (χ0) is 12.8. The van der Waals surface area contributed by atoms with Crippen molar-refractivity contribution in [3.05, 3.63) is 22.3 Å². The molecule has 0 amide bonds. The Morgan fingerprint density at radius 1 is 1.65 bits per heavy atom. The number of anilines is 1. The first-order valence-electron chi connectivity index (χ1n) is 5.35. The van der Waals surface area contributed by atoms with Crippen molar-refractivity contribution in [1.82, 2.24) is 9.88 Å². The van der Waals surface area contributed by atoms with E-state index in [-0.39, 0.29) is 5.56 Å². The first kappa shape index (κ1) is 13.9. The van der Waals surface area contributed by atoms with Crippen molar-refractivity contribution < 1.29 is 9.90 Å². The Kier molecular flexibility index (Phi) is 5.37. The first-order chi connectivity index (χ1) is 8.04. The summed E-state index contributed by atoms with van der Waals surface area (Å²) >= 11 is 3.21. The van der Waals surface area contributed by atoms with E-state index in [0.29, 0.717) is 16.8 Å². The van der Waals surface area contributed by atoms with Crippen LogP contribution in [0.25, 0.3) is 0 Å². The highest BCUT2D eigenvalue weighted by molar-refractivity contribution is 9.10. The first-order valence-corrected chi connectivity index (χ1v) is 6.15. The van der Waals surface area contributed by atoms with Crippen molar-refractivity contribution in [2.24, 2.45) is 0 Å². The molecule has 0 aliphatic heterocycles. The van der Waals surface area contributed by atoms with E-state index in [1.807, 2.05) is 7.05 Å². The minimum atomic E-state index is -0.981. The second kappa shape index (κ2) is 6.56. The van der Waals surface area contributed by atoms with Gasteiger partial charge in [0, 0.05) is 23.8 Å². The fourth-order valence-electron chi connectivity index (χ4n) is 1.27. The van der Waals surface area contributed by atoms with Gasteiger partial charge in [0.15, 0.2) is 0 Å². The van der Waals surface area contributed by atoms with Gasteiger partial charge in [-0.05, 0) is 35.6 Å². The largest absolute Gasteiger partial charge is 0.478 e. The summed E-state index contributed by atoms with van der Waals surface area (Å²) in [6, 6.07) is 1.54. The van der Waals surface area contributed by atoms with Gasteiger partial charge in [-0.15, -0.1) is 0 Å². The number of rotatable bonds is 6. The van der Waals surface area contributed by atoms with Gasteiger partial charge in [-0.3, -0.25) is 0 Å². The molecule has 0 atom stereocenters.